The van der Waals surface area contributed by atoms with Crippen LogP contribution in [0, 0.1) is 0 Å². The first-order chi connectivity index (χ1) is 10.4. The molecule has 2 heterocycles. The van der Waals surface area contributed by atoms with Gasteiger partial charge in [-0.05, 0) is 36.9 Å². The van der Waals surface area contributed by atoms with E-state index in [-0.39, 0.29) is 5.70 Å². The predicted molar refractivity (Wildman–Crippen MR) is 87.3 cm³/mol. The van der Waals surface area contributed by atoms with Crippen LogP contribution >= 0.6 is 0 Å². The van der Waals surface area contributed by atoms with Crippen molar-refractivity contribution in [3.05, 3.63) is 55.1 Å². The number of nitrogens with one attached hydrogen (secondary N) is 2. The summed E-state index contributed by atoms with van der Waals surface area (Å²) in [4.78, 5) is 4.30. The van der Waals surface area contributed by atoms with Crippen LogP contribution in [0.4, 0.5) is 10.2 Å². The normalized spacial score (nSPS) is 11.6. The molecule has 3 rings (SSSR count). The number of H-pyrrole nitrogens is 1. The topological polar surface area (TPSA) is 53.6 Å². The van der Waals surface area contributed by atoms with Crippen LogP contribution in [0.15, 0.2) is 55.1 Å². The van der Waals surface area contributed by atoms with Gasteiger partial charge in [-0.2, -0.15) is 5.10 Å². The molecule has 0 bridgehead atoms. The van der Waals surface area contributed by atoms with E-state index in [0.29, 0.717) is 5.82 Å². The third-order valence-electron chi connectivity index (χ3n) is 3.55. The first kappa shape index (κ1) is 14.3. The number of fused-ring (bicyclic) bond motifs is 1. The molecule has 0 saturated carbocycles. The summed E-state index contributed by atoms with van der Waals surface area (Å²) in [6, 6.07) is 7.96. The average Bonchev–Trinajstić information content (AvgIpc) is 2.99. The predicted octanol–water partition coefficient (Wildman–Crippen LogP) is 4.30. The number of rotatable bonds is 4. The van der Waals surface area contributed by atoms with Gasteiger partial charge in [-0.25, -0.2) is 9.37 Å². The summed E-state index contributed by atoms with van der Waals surface area (Å²) in [6.45, 7) is 6.64. The molecule has 4 nitrogen and oxygen atoms in total. The highest BCUT2D eigenvalue weighted by molar-refractivity contribution is 5.88. The van der Waals surface area contributed by atoms with Gasteiger partial charge in [-0.3, -0.25) is 5.10 Å². The molecular formula is C17H17FN4. The summed E-state index contributed by atoms with van der Waals surface area (Å²) >= 11 is 0. The zero-order valence-electron chi connectivity index (χ0n) is 12.5. The van der Waals surface area contributed by atoms with Gasteiger partial charge in [-0.15, -0.1) is 0 Å². The van der Waals surface area contributed by atoms with Crippen molar-refractivity contribution in [1.29, 1.82) is 0 Å². The van der Waals surface area contributed by atoms with Gasteiger partial charge in [0.25, 0.3) is 0 Å². The van der Waals surface area contributed by atoms with Crippen molar-refractivity contribution in [2.45, 2.75) is 19.5 Å². The van der Waals surface area contributed by atoms with Crippen molar-refractivity contribution in [2.75, 3.05) is 5.32 Å². The fourth-order valence-corrected chi connectivity index (χ4v) is 2.10. The summed E-state index contributed by atoms with van der Waals surface area (Å²) in [5.74, 6) is 0.576. The molecule has 0 fully saturated rings. The van der Waals surface area contributed by atoms with Crippen LogP contribution in [-0.4, -0.2) is 20.9 Å². The molecule has 3 aromatic rings. The second kappa shape index (κ2) is 5.26. The van der Waals surface area contributed by atoms with E-state index >= 15 is 0 Å². The number of nitrogens with zero attached hydrogens (tertiary/aromatic N) is 2. The lowest BCUT2D eigenvalue weighted by Gasteiger charge is -2.19. The van der Waals surface area contributed by atoms with E-state index in [0.717, 1.165) is 21.9 Å². The Kier molecular flexibility index (Phi) is 3.41. The van der Waals surface area contributed by atoms with Gasteiger partial charge in [-0.1, -0.05) is 18.7 Å². The lowest BCUT2D eigenvalue weighted by Crippen LogP contribution is -2.21. The molecule has 2 aromatic heterocycles. The number of halogens is 1. The van der Waals surface area contributed by atoms with Gasteiger partial charge in [0.1, 0.15) is 11.5 Å². The van der Waals surface area contributed by atoms with Crippen LogP contribution in [0.5, 0.6) is 0 Å². The fraction of sp³-hybridized carbons (Fsp3) is 0.176. The van der Waals surface area contributed by atoms with E-state index in [1.807, 2.05) is 24.4 Å². The number of anilines is 1. The molecule has 0 spiro atoms. The number of aromatic nitrogens is 3. The summed E-state index contributed by atoms with van der Waals surface area (Å²) in [6.07, 6.45) is 5.37. The lowest BCUT2D eigenvalue weighted by atomic mass is 10.0. The minimum absolute atomic E-state index is 0.283. The van der Waals surface area contributed by atoms with Gasteiger partial charge >= 0.3 is 0 Å². The molecule has 22 heavy (non-hydrogen) atoms. The summed E-state index contributed by atoms with van der Waals surface area (Å²) in [5, 5.41) is 11.7. The molecule has 0 saturated heterocycles. The smallest absolute Gasteiger partial charge is 0.144 e. The van der Waals surface area contributed by atoms with Crippen LogP contribution in [0.1, 0.15) is 13.8 Å². The van der Waals surface area contributed by atoms with Gasteiger partial charge in [0.2, 0.25) is 0 Å². The van der Waals surface area contributed by atoms with Crippen molar-refractivity contribution in [3.8, 4) is 11.1 Å². The molecule has 0 aliphatic carbocycles. The first-order valence-corrected chi connectivity index (χ1v) is 6.98. The maximum atomic E-state index is 13.8. The van der Waals surface area contributed by atoms with E-state index in [9.17, 15) is 4.39 Å². The highest BCUT2D eigenvalue weighted by atomic mass is 19.1. The van der Waals surface area contributed by atoms with Crippen molar-refractivity contribution in [2.24, 2.45) is 0 Å². The third kappa shape index (κ3) is 2.83. The number of pyridine rings is 1. The second-order valence-electron chi connectivity index (χ2n) is 5.69. The number of aromatic amines is 1. The largest absolute Gasteiger partial charge is 0.341 e. The zero-order chi connectivity index (χ0) is 15.7. The number of hydrogen-bond donors (Lipinski definition) is 2. The number of hydrogen-bond acceptors (Lipinski definition) is 3. The Morgan fingerprint density at radius 2 is 2.00 bits per heavy atom. The van der Waals surface area contributed by atoms with Gasteiger partial charge in [0.05, 0.1) is 6.20 Å². The molecule has 5 heteroatoms. The molecule has 0 unspecified atom stereocenters. The summed E-state index contributed by atoms with van der Waals surface area (Å²) < 4.78 is 13.8. The minimum atomic E-state index is -1.50. The molecule has 112 valence electrons. The standard InChI is InChI=1S/C17H17FN4/c1-11(17(2,3)18)22-16-7-14-6-12(15-9-20-21-10-15)4-5-13(14)8-19-16/h4-10H,1H2,2-3H3,(H,19,22)(H,20,21). The Labute approximate surface area is 128 Å². The molecule has 0 atom stereocenters. The van der Waals surface area contributed by atoms with Crippen LogP contribution in [0.25, 0.3) is 21.9 Å². The van der Waals surface area contributed by atoms with Gasteiger partial charge in [0, 0.05) is 29.0 Å². The van der Waals surface area contributed by atoms with Crippen LogP contribution in [-0.2, 0) is 0 Å². The monoisotopic (exact) mass is 296 g/mol. The van der Waals surface area contributed by atoms with E-state index < -0.39 is 5.67 Å². The van der Waals surface area contributed by atoms with Crippen LogP contribution < -0.4 is 5.32 Å². The molecule has 2 N–H and O–H groups in total. The van der Waals surface area contributed by atoms with E-state index in [2.05, 4.69) is 33.1 Å². The van der Waals surface area contributed by atoms with Crippen molar-refractivity contribution >= 4 is 16.6 Å². The zero-order valence-corrected chi connectivity index (χ0v) is 12.5. The van der Waals surface area contributed by atoms with E-state index in [4.69, 9.17) is 0 Å². The van der Waals surface area contributed by atoms with Crippen molar-refractivity contribution in [1.82, 2.24) is 15.2 Å². The Hall–Kier alpha value is -2.69. The number of benzene rings is 1. The van der Waals surface area contributed by atoms with Gasteiger partial charge < -0.3 is 5.32 Å². The summed E-state index contributed by atoms with van der Waals surface area (Å²) in [7, 11) is 0. The van der Waals surface area contributed by atoms with Crippen molar-refractivity contribution < 1.29 is 4.39 Å². The third-order valence-corrected chi connectivity index (χ3v) is 3.55. The molecule has 0 aliphatic rings. The minimum Gasteiger partial charge on any atom is -0.341 e. The Bertz CT molecular complexity index is 816. The SMILES string of the molecule is C=C(Nc1cc2cc(-c3cn[nH]c3)ccc2cn1)C(C)(C)F. The quantitative estimate of drug-likeness (QED) is 0.754. The second-order valence-corrected chi connectivity index (χ2v) is 5.69. The highest BCUT2D eigenvalue weighted by Gasteiger charge is 2.20. The molecular weight excluding hydrogens is 279 g/mol. The molecule has 0 aliphatic heterocycles. The fourth-order valence-electron chi connectivity index (χ4n) is 2.10. The van der Waals surface area contributed by atoms with Gasteiger partial charge in [0.15, 0.2) is 0 Å². The Morgan fingerprint density at radius 1 is 1.18 bits per heavy atom. The van der Waals surface area contributed by atoms with Crippen LogP contribution in [0.3, 0.4) is 0 Å². The van der Waals surface area contributed by atoms with E-state index in [1.54, 1.807) is 12.4 Å². The van der Waals surface area contributed by atoms with E-state index in [1.165, 1.54) is 13.8 Å². The molecule has 1 aromatic carbocycles. The maximum absolute atomic E-state index is 13.8. The maximum Gasteiger partial charge on any atom is 0.144 e. The van der Waals surface area contributed by atoms with Crippen molar-refractivity contribution in [3.63, 3.8) is 0 Å². The summed E-state index contributed by atoms with van der Waals surface area (Å²) in [5.41, 5.74) is 0.853. The Balaban J connectivity index is 1.96. The molecule has 0 radical (unpaired) electrons. The lowest BCUT2D eigenvalue weighted by molar-refractivity contribution is 0.271. The van der Waals surface area contributed by atoms with Crippen LogP contribution in [0.2, 0.25) is 0 Å². The Morgan fingerprint density at radius 3 is 2.68 bits per heavy atom. The highest BCUT2D eigenvalue weighted by Crippen LogP contribution is 2.26. The molecule has 0 amide bonds. The average molecular weight is 296 g/mol. The first-order valence-electron chi connectivity index (χ1n) is 6.98. The number of alkyl halides is 1. The number of allylic oxidation sites excluding steroid dienone is 1.